The van der Waals surface area contributed by atoms with Crippen LogP contribution >= 0.6 is 11.6 Å². The summed E-state index contributed by atoms with van der Waals surface area (Å²) >= 11 is 5.87. The van der Waals surface area contributed by atoms with E-state index in [1.165, 1.54) is 13.1 Å². The first kappa shape index (κ1) is 19.4. The van der Waals surface area contributed by atoms with Crippen LogP contribution in [0.25, 0.3) is 11.3 Å². The summed E-state index contributed by atoms with van der Waals surface area (Å²) in [6.45, 7) is 2.23. The van der Waals surface area contributed by atoms with E-state index in [9.17, 15) is 9.59 Å². The maximum atomic E-state index is 12.3. The maximum Gasteiger partial charge on any atom is 0.311 e. The number of hydrogen-bond donors (Lipinski definition) is 2. The molecule has 0 bridgehead atoms. The Morgan fingerprint density at radius 1 is 1.11 bits per heavy atom. The minimum Gasteiger partial charge on any atom is -0.492 e. The number of oxazole rings is 1. The number of anilines is 1. The third kappa shape index (κ3) is 5.34. The van der Waals surface area contributed by atoms with E-state index in [1.54, 1.807) is 48.5 Å². The Balaban J connectivity index is 1.56. The average Bonchev–Trinajstić information content (AvgIpc) is 3.17. The van der Waals surface area contributed by atoms with Crippen molar-refractivity contribution in [3.05, 3.63) is 65.6 Å². The van der Waals surface area contributed by atoms with Crippen molar-refractivity contribution in [3.8, 4) is 17.1 Å². The number of carbonyl (C=O) groups is 2. The number of amides is 2. The molecular formula is C20H18ClN3O4. The van der Waals surface area contributed by atoms with Crippen molar-refractivity contribution >= 4 is 29.1 Å². The Kier molecular flexibility index (Phi) is 6.29. The molecule has 28 heavy (non-hydrogen) atoms. The quantitative estimate of drug-likeness (QED) is 0.590. The minimum absolute atomic E-state index is 0.0411. The molecular weight excluding hydrogens is 382 g/mol. The number of nitrogens with one attached hydrogen (secondary N) is 2. The fraction of sp³-hybridized carbons (Fsp3) is 0.150. The summed E-state index contributed by atoms with van der Waals surface area (Å²) in [6.07, 6.45) is 1.49. The van der Waals surface area contributed by atoms with Crippen molar-refractivity contribution in [2.24, 2.45) is 0 Å². The minimum atomic E-state index is -0.459. The zero-order chi connectivity index (χ0) is 19.9. The number of ether oxygens (including phenoxy) is 1. The van der Waals surface area contributed by atoms with Crippen molar-refractivity contribution in [1.82, 2.24) is 10.3 Å². The van der Waals surface area contributed by atoms with Gasteiger partial charge in [0, 0.05) is 23.2 Å². The van der Waals surface area contributed by atoms with Crippen LogP contribution in [0.5, 0.6) is 5.75 Å². The Morgan fingerprint density at radius 3 is 2.50 bits per heavy atom. The van der Waals surface area contributed by atoms with Gasteiger partial charge < -0.3 is 19.8 Å². The van der Waals surface area contributed by atoms with Gasteiger partial charge in [-0.15, -0.1) is 0 Å². The zero-order valence-corrected chi connectivity index (χ0v) is 15.8. The normalized spacial score (nSPS) is 10.4. The predicted octanol–water partition coefficient (Wildman–Crippen LogP) is 3.76. The molecule has 0 radical (unpaired) electrons. The van der Waals surface area contributed by atoms with E-state index in [-0.39, 0.29) is 11.8 Å². The average molecular weight is 400 g/mol. The van der Waals surface area contributed by atoms with E-state index in [0.717, 1.165) is 5.56 Å². The highest BCUT2D eigenvalue weighted by atomic mass is 35.5. The van der Waals surface area contributed by atoms with E-state index in [0.29, 0.717) is 35.4 Å². The maximum absolute atomic E-state index is 12.3. The number of hydrogen-bond acceptors (Lipinski definition) is 5. The smallest absolute Gasteiger partial charge is 0.311 e. The SMILES string of the molecule is CC(=O)NCCOc1ccc(NC(=O)c2ncc(-c3ccc(Cl)cc3)o2)cc1. The van der Waals surface area contributed by atoms with Crippen LogP contribution in [0, 0.1) is 0 Å². The molecule has 1 heterocycles. The summed E-state index contributed by atoms with van der Waals surface area (Å²) in [5.74, 6) is 0.502. The van der Waals surface area contributed by atoms with Gasteiger partial charge in [0.05, 0.1) is 12.7 Å². The van der Waals surface area contributed by atoms with Crippen LogP contribution < -0.4 is 15.4 Å². The summed E-state index contributed by atoms with van der Waals surface area (Å²) in [5.41, 5.74) is 1.35. The van der Waals surface area contributed by atoms with Gasteiger partial charge in [-0.3, -0.25) is 9.59 Å². The van der Waals surface area contributed by atoms with Gasteiger partial charge in [-0.1, -0.05) is 11.6 Å². The summed E-state index contributed by atoms with van der Waals surface area (Å²) < 4.78 is 11.0. The summed E-state index contributed by atoms with van der Waals surface area (Å²) in [6, 6.07) is 13.9. The molecule has 2 amide bonds. The fourth-order valence-corrected chi connectivity index (χ4v) is 2.47. The zero-order valence-electron chi connectivity index (χ0n) is 15.1. The lowest BCUT2D eigenvalue weighted by Crippen LogP contribution is -2.25. The molecule has 0 saturated carbocycles. The largest absolute Gasteiger partial charge is 0.492 e. The molecule has 0 spiro atoms. The molecule has 0 aliphatic heterocycles. The number of benzene rings is 2. The van der Waals surface area contributed by atoms with Crippen molar-refractivity contribution in [3.63, 3.8) is 0 Å². The van der Waals surface area contributed by atoms with Gasteiger partial charge in [0.25, 0.3) is 5.89 Å². The van der Waals surface area contributed by atoms with Gasteiger partial charge >= 0.3 is 5.91 Å². The van der Waals surface area contributed by atoms with Gasteiger partial charge in [-0.05, 0) is 48.5 Å². The van der Waals surface area contributed by atoms with Gasteiger partial charge in [0.15, 0.2) is 5.76 Å². The monoisotopic (exact) mass is 399 g/mol. The van der Waals surface area contributed by atoms with Gasteiger partial charge in [0.2, 0.25) is 5.91 Å². The Bertz CT molecular complexity index is 952. The highest BCUT2D eigenvalue weighted by molar-refractivity contribution is 6.30. The van der Waals surface area contributed by atoms with Crippen LogP contribution in [-0.4, -0.2) is 29.9 Å². The van der Waals surface area contributed by atoms with Crippen molar-refractivity contribution in [1.29, 1.82) is 0 Å². The lowest BCUT2D eigenvalue weighted by atomic mass is 10.2. The molecule has 3 aromatic rings. The molecule has 7 nitrogen and oxygen atoms in total. The van der Waals surface area contributed by atoms with Crippen LogP contribution in [0.15, 0.2) is 59.1 Å². The molecule has 8 heteroatoms. The number of nitrogens with zero attached hydrogens (tertiary/aromatic N) is 1. The molecule has 2 N–H and O–H groups in total. The van der Waals surface area contributed by atoms with E-state index in [4.69, 9.17) is 20.8 Å². The Labute approximate surface area is 166 Å². The third-order valence-electron chi connectivity index (χ3n) is 3.69. The number of aromatic nitrogens is 1. The molecule has 0 aliphatic carbocycles. The summed E-state index contributed by atoms with van der Waals surface area (Å²) in [7, 11) is 0. The standard InChI is InChI=1S/C20H18ClN3O4/c1-13(25)22-10-11-27-17-8-6-16(7-9-17)24-19(26)20-23-12-18(28-20)14-2-4-15(21)5-3-14/h2-9,12H,10-11H2,1H3,(H,22,25)(H,24,26). The second-order valence-electron chi connectivity index (χ2n) is 5.85. The molecule has 0 aliphatic rings. The van der Waals surface area contributed by atoms with Gasteiger partial charge in [0.1, 0.15) is 12.4 Å². The molecule has 0 atom stereocenters. The van der Waals surface area contributed by atoms with Crippen LogP contribution in [-0.2, 0) is 4.79 Å². The highest BCUT2D eigenvalue weighted by Crippen LogP contribution is 2.23. The Hall–Kier alpha value is -3.32. The number of halogens is 1. The topological polar surface area (TPSA) is 93.5 Å². The highest BCUT2D eigenvalue weighted by Gasteiger charge is 2.14. The van der Waals surface area contributed by atoms with Crippen LogP contribution in [0.3, 0.4) is 0 Å². The molecule has 2 aromatic carbocycles. The van der Waals surface area contributed by atoms with Gasteiger partial charge in [-0.2, -0.15) is 0 Å². The van der Waals surface area contributed by atoms with Crippen LogP contribution in [0.4, 0.5) is 5.69 Å². The predicted molar refractivity (Wildman–Crippen MR) is 106 cm³/mol. The lowest BCUT2D eigenvalue weighted by Gasteiger charge is -2.08. The first-order chi connectivity index (χ1) is 13.5. The van der Waals surface area contributed by atoms with Crippen molar-refractivity contribution in [2.45, 2.75) is 6.92 Å². The van der Waals surface area contributed by atoms with Crippen LogP contribution in [0.1, 0.15) is 17.6 Å². The molecule has 3 rings (SSSR count). The second-order valence-corrected chi connectivity index (χ2v) is 6.28. The molecule has 0 unspecified atom stereocenters. The lowest BCUT2D eigenvalue weighted by molar-refractivity contribution is -0.119. The van der Waals surface area contributed by atoms with E-state index in [2.05, 4.69) is 15.6 Å². The first-order valence-corrected chi connectivity index (χ1v) is 8.89. The number of rotatable bonds is 7. The van der Waals surface area contributed by atoms with Crippen molar-refractivity contribution in [2.75, 3.05) is 18.5 Å². The summed E-state index contributed by atoms with van der Waals surface area (Å²) in [4.78, 5) is 27.1. The number of carbonyl (C=O) groups excluding carboxylic acids is 2. The van der Waals surface area contributed by atoms with Crippen molar-refractivity contribution < 1.29 is 18.7 Å². The first-order valence-electron chi connectivity index (χ1n) is 8.52. The second kappa shape index (κ2) is 9.05. The van der Waals surface area contributed by atoms with Gasteiger partial charge in [-0.25, -0.2) is 4.98 Å². The fourth-order valence-electron chi connectivity index (χ4n) is 2.34. The third-order valence-corrected chi connectivity index (χ3v) is 3.94. The molecule has 0 fully saturated rings. The molecule has 0 saturated heterocycles. The molecule has 1 aromatic heterocycles. The summed E-state index contributed by atoms with van der Waals surface area (Å²) in [5, 5.41) is 5.97. The van der Waals surface area contributed by atoms with E-state index in [1.807, 2.05) is 0 Å². The Morgan fingerprint density at radius 2 is 1.82 bits per heavy atom. The van der Waals surface area contributed by atoms with Crippen LogP contribution in [0.2, 0.25) is 5.02 Å². The van der Waals surface area contributed by atoms with E-state index >= 15 is 0 Å². The van der Waals surface area contributed by atoms with E-state index < -0.39 is 5.91 Å². The molecule has 144 valence electrons.